The summed E-state index contributed by atoms with van der Waals surface area (Å²) in [6.07, 6.45) is -8.72. The van der Waals surface area contributed by atoms with Crippen LogP contribution in [0.25, 0.3) is 0 Å². The Balaban J connectivity index is 4.01. The highest BCUT2D eigenvalue weighted by atomic mass is 16.5. The minimum atomic E-state index is -1.51. The molecule has 6 unspecified atom stereocenters. The Kier molecular flexibility index (Phi) is 11.0. The van der Waals surface area contributed by atoms with Crippen molar-refractivity contribution in [2.45, 2.75) is 49.5 Å². The van der Waals surface area contributed by atoms with Crippen LogP contribution >= 0.6 is 0 Å². The van der Waals surface area contributed by atoms with Crippen molar-refractivity contribution in [1.29, 1.82) is 0 Å². The van der Waals surface area contributed by atoms with Gasteiger partial charge in [-0.05, 0) is 12.8 Å². The van der Waals surface area contributed by atoms with Crippen molar-refractivity contribution in [3.05, 3.63) is 0 Å². The molecule has 0 bridgehead atoms. The van der Waals surface area contributed by atoms with Crippen molar-refractivity contribution >= 4 is 0 Å². The Morgan fingerprint density at radius 2 is 0.905 bits per heavy atom. The molecule has 9 heteroatoms. The number of rotatable bonds is 12. The molecule has 0 aromatic carbocycles. The van der Waals surface area contributed by atoms with Gasteiger partial charge in [0.2, 0.25) is 0 Å². The number of ether oxygens (including phenoxy) is 1. The van der Waals surface area contributed by atoms with Gasteiger partial charge in [-0.25, -0.2) is 0 Å². The molecule has 0 heterocycles. The summed E-state index contributed by atoms with van der Waals surface area (Å²) >= 11 is 0. The third kappa shape index (κ3) is 8.00. The van der Waals surface area contributed by atoms with Gasteiger partial charge in [0.1, 0.15) is 24.4 Å². The molecule has 9 nitrogen and oxygen atoms in total. The standard InChI is InChI=1S/C12H26O9/c13-3-1-7(15)11(19)9(17)5-21-6-10(18)12(20)8(16)2-4-14/h7-20H,1-6H2. The quantitative estimate of drug-likeness (QED) is 0.178. The molecule has 0 spiro atoms. The van der Waals surface area contributed by atoms with Crippen molar-refractivity contribution in [3.63, 3.8) is 0 Å². The van der Waals surface area contributed by atoms with Crippen LogP contribution in [0.1, 0.15) is 12.8 Å². The smallest absolute Gasteiger partial charge is 0.108 e. The Hall–Kier alpha value is -0.360. The number of aliphatic hydroxyl groups is 8. The van der Waals surface area contributed by atoms with Gasteiger partial charge >= 0.3 is 0 Å². The Morgan fingerprint density at radius 1 is 0.571 bits per heavy atom. The summed E-state index contributed by atoms with van der Waals surface area (Å²) < 4.78 is 4.89. The maximum Gasteiger partial charge on any atom is 0.108 e. The molecule has 0 saturated carbocycles. The second kappa shape index (κ2) is 11.2. The Morgan fingerprint density at radius 3 is 1.19 bits per heavy atom. The SMILES string of the molecule is OCCC(O)C(O)C(O)COCC(O)C(O)C(O)CCO. The summed E-state index contributed by atoms with van der Waals surface area (Å²) in [4.78, 5) is 0. The molecule has 21 heavy (non-hydrogen) atoms. The van der Waals surface area contributed by atoms with Crippen LogP contribution in [0.3, 0.4) is 0 Å². The van der Waals surface area contributed by atoms with Gasteiger partial charge in [-0.3, -0.25) is 0 Å². The predicted octanol–water partition coefficient (Wildman–Crippen LogP) is -4.07. The van der Waals surface area contributed by atoms with E-state index < -0.39 is 49.8 Å². The van der Waals surface area contributed by atoms with Crippen LogP contribution in [-0.2, 0) is 4.74 Å². The molecule has 0 aliphatic carbocycles. The molecule has 0 saturated heterocycles. The topological polar surface area (TPSA) is 171 Å². The first-order valence-electron chi connectivity index (χ1n) is 6.73. The fraction of sp³-hybridized carbons (Fsp3) is 1.00. The van der Waals surface area contributed by atoms with E-state index in [1.54, 1.807) is 0 Å². The van der Waals surface area contributed by atoms with Crippen LogP contribution < -0.4 is 0 Å². The zero-order valence-electron chi connectivity index (χ0n) is 11.7. The lowest BCUT2D eigenvalue weighted by Gasteiger charge is -2.25. The van der Waals surface area contributed by atoms with Gasteiger partial charge in [-0.15, -0.1) is 0 Å². The minimum Gasteiger partial charge on any atom is -0.396 e. The van der Waals surface area contributed by atoms with E-state index in [0.717, 1.165) is 0 Å². The fourth-order valence-electron chi connectivity index (χ4n) is 1.63. The van der Waals surface area contributed by atoms with Gasteiger partial charge in [-0.1, -0.05) is 0 Å². The first-order valence-corrected chi connectivity index (χ1v) is 6.73. The van der Waals surface area contributed by atoms with Crippen LogP contribution in [0.4, 0.5) is 0 Å². The zero-order chi connectivity index (χ0) is 16.4. The molecule has 0 amide bonds. The molecular formula is C12H26O9. The van der Waals surface area contributed by atoms with Gasteiger partial charge in [0.25, 0.3) is 0 Å². The van der Waals surface area contributed by atoms with Crippen molar-refractivity contribution in [1.82, 2.24) is 0 Å². The number of hydrogen-bond acceptors (Lipinski definition) is 9. The molecule has 0 aliphatic rings. The molecule has 6 atom stereocenters. The van der Waals surface area contributed by atoms with E-state index in [0.29, 0.717) is 0 Å². The van der Waals surface area contributed by atoms with E-state index in [9.17, 15) is 30.6 Å². The molecular weight excluding hydrogens is 288 g/mol. The third-order valence-corrected chi connectivity index (χ3v) is 3.00. The van der Waals surface area contributed by atoms with Crippen molar-refractivity contribution in [3.8, 4) is 0 Å². The molecule has 8 N–H and O–H groups in total. The Bertz CT molecular complexity index is 229. The van der Waals surface area contributed by atoms with Crippen molar-refractivity contribution < 1.29 is 45.6 Å². The van der Waals surface area contributed by atoms with E-state index >= 15 is 0 Å². The average molecular weight is 314 g/mol. The predicted molar refractivity (Wildman–Crippen MR) is 70.3 cm³/mol. The van der Waals surface area contributed by atoms with Crippen molar-refractivity contribution in [2.24, 2.45) is 0 Å². The maximum atomic E-state index is 9.52. The molecule has 0 aliphatic heterocycles. The van der Waals surface area contributed by atoms with Gasteiger partial charge in [0.05, 0.1) is 25.4 Å². The monoisotopic (exact) mass is 314 g/mol. The molecule has 0 rings (SSSR count). The summed E-state index contributed by atoms with van der Waals surface area (Å²) in [6, 6.07) is 0. The molecule has 0 fully saturated rings. The zero-order valence-corrected chi connectivity index (χ0v) is 11.7. The van der Waals surface area contributed by atoms with Gasteiger partial charge in [-0.2, -0.15) is 0 Å². The maximum absolute atomic E-state index is 9.52. The summed E-state index contributed by atoms with van der Waals surface area (Å²) in [5.74, 6) is 0. The van der Waals surface area contributed by atoms with Gasteiger partial charge in [0, 0.05) is 13.2 Å². The van der Waals surface area contributed by atoms with E-state index in [1.807, 2.05) is 0 Å². The van der Waals surface area contributed by atoms with Crippen molar-refractivity contribution in [2.75, 3.05) is 26.4 Å². The fourth-order valence-corrected chi connectivity index (χ4v) is 1.63. The second-order valence-corrected chi connectivity index (χ2v) is 4.81. The molecule has 0 aromatic rings. The van der Waals surface area contributed by atoms with Crippen LogP contribution in [0.2, 0.25) is 0 Å². The van der Waals surface area contributed by atoms with Crippen LogP contribution in [0.15, 0.2) is 0 Å². The van der Waals surface area contributed by atoms with Crippen LogP contribution in [0.5, 0.6) is 0 Å². The first kappa shape index (κ1) is 20.6. The van der Waals surface area contributed by atoms with Crippen LogP contribution in [-0.4, -0.2) is 104 Å². The summed E-state index contributed by atoms with van der Waals surface area (Å²) in [5.41, 5.74) is 0. The van der Waals surface area contributed by atoms with Gasteiger partial charge in [0.15, 0.2) is 0 Å². The van der Waals surface area contributed by atoms with E-state index in [1.165, 1.54) is 0 Å². The van der Waals surface area contributed by atoms with Crippen LogP contribution in [0, 0.1) is 0 Å². The van der Waals surface area contributed by atoms with E-state index in [4.69, 9.17) is 14.9 Å². The lowest BCUT2D eigenvalue weighted by Crippen LogP contribution is -2.43. The molecule has 0 aromatic heterocycles. The normalized spacial score (nSPS) is 20.6. The lowest BCUT2D eigenvalue weighted by atomic mass is 10.1. The molecule has 128 valence electrons. The third-order valence-electron chi connectivity index (χ3n) is 3.00. The summed E-state index contributed by atoms with van der Waals surface area (Å²) in [6.45, 7) is -1.52. The summed E-state index contributed by atoms with van der Waals surface area (Å²) in [7, 11) is 0. The minimum absolute atomic E-state index is 0.104. The Labute approximate surface area is 122 Å². The number of hydrogen-bond donors (Lipinski definition) is 8. The first-order chi connectivity index (χ1) is 9.84. The lowest BCUT2D eigenvalue weighted by molar-refractivity contribution is -0.120. The number of aliphatic hydroxyl groups excluding tert-OH is 8. The average Bonchev–Trinajstić information content (AvgIpc) is 2.45. The van der Waals surface area contributed by atoms with E-state index in [2.05, 4.69) is 0 Å². The second-order valence-electron chi connectivity index (χ2n) is 4.81. The highest BCUT2D eigenvalue weighted by Crippen LogP contribution is 2.07. The highest BCUT2D eigenvalue weighted by molar-refractivity contribution is 4.77. The highest BCUT2D eigenvalue weighted by Gasteiger charge is 2.27. The molecule has 0 radical (unpaired) electrons. The largest absolute Gasteiger partial charge is 0.396 e. The van der Waals surface area contributed by atoms with Gasteiger partial charge < -0.3 is 45.6 Å². The summed E-state index contributed by atoms with van der Waals surface area (Å²) in [5, 5.41) is 73.9. The van der Waals surface area contributed by atoms with E-state index in [-0.39, 0.29) is 26.1 Å².